The molecule has 0 spiro atoms. The third-order valence-corrected chi connectivity index (χ3v) is 2.93. The van der Waals surface area contributed by atoms with Crippen molar-refractivity contribution in [3.63, 3.8) is 0 Å². The van der Waals surface area contributed by atoms with Crippen LogP contribution in [-0.4, -0.2) is 5.78 Å². The molecule has 0 amide bonds. The first-order valence-corrected chi connectivity index (χ1v) is 6.39. The molecule has 0 bridgehead atoms. The van der Waals surface area contributed by atoms with Gasteiger partial charge in [0.15, 0.2) is 5.78 Å². The van der Waals surface area contributed by atoms with Gasteiger partial charge in [0.1, 0.15) is 0 Å². The van der Waals surface area contributed by atoms with Crippen molar-refractivity contribution in [2.24, 2.45) is 0 Å². The normalized spacial score (nSPS) is 10.6. The molecule has 0 saturated heterocycles. The summed E-state index contributed by atoms with van der Waals surface area (Å²) in [6.45, 7) is 0. The third-order valence-electron chi connectivity index (χ3n) is 2.44. The van der Waals surface area contributed by atoms with Gasteiger partial charge in [-0.05, 0) is 42.5 Å². The molecular weight excluding hydrogens is 281 g/mol. The van der Waals surface area contributed by atoms with E-state index < -0.39 is 0 Å². The van der Waals surface area contributed by atoms with E-state index in [1.165, 1.54) is 6.08 Å². The van der Waals surface area contributed by atoms with Gasteiger partial charge in [0.05, 0.1) is 0 Å². The molecule has 2 aromatic carbocycles. The molecule has 1 N–H and O–H groups in total. The lowest BCUT2D eigenvalue weighted by molar-refractivity contribution is 0.104. The Morgan fingerprint density at radius 2 is 1.74 bits per heavy atom. The van der Waals surface area contributed by atoms with Crippen LogP contribution in [0.5, 0.6) is 0 Å². The lowest BCUT2D eigenvalue weighted by Gasteiger charge is -2.00. The number of halogens is 2. The molecule has 0 fully saturated rings. The molecule has 0 heterocycles. The van der Waals surface area contributed by atoms with Crippen LogP contribution in [0.4, 0.5) is 5.69 Å². The fraction of sp³-hybridized carbons (Fsp3) is 0. The van der Waals surface area contributed by atoms with Crippen LogP contribution in [-0.2, 0) is 0 Å². The van der Waals surface area contributed by atoms with Gasteiger partial charge in [-0.25, -0.2) is 0 Å². The smallest absolute Gasteiger partial charge is 0.187 e. The van der Waals surface area contributed by atoms with Crippen LogP contribution < -0.4 is 5.32 Å². The average molecular weight is 292 g/mol. The second kappa shape index (κ2) is 6.41. The van der Waals surface area contributed by atoms with Crippen molar-refractivity contribution in [1.29, 1.82) is 0 Å². The number of carbonyl (C=O) groups is 1. The summed E-state index contributed by atoms with van der Waals surface area (Å²) in [4.78, 5) is 11.8. The van der Waals surface area contributed by atoms with Crippen molar-refractivity contribution in [3.8, 4) is 0 Å². The van der Waals surface area contributed by atoms with E-state index in [-0.39, 0.29) is 5.78 Å². The minimum atomic E-state index is -0.0915. The Morgan fingerprint density at radius 3 is 2.42 bits per heavy atom. The van der Waals surface area contributed by atoms with Gasteiger partial charge in [0.2, 0.25) is 0 Å². The lowest BCUT2D eigenvalue weighted by atomic mass is 10.1. The minimum absolute atomic E-state index is 0.0915. The zero-order valence-electron chi connectivity index (χ0n) is 9.94. The van der Waals surface area contributed by atoms with Crippen molar-refractivity contribution >= 4 is 34.7 Å². The zero-order chi connectivity index (χ0) is 13.7. The van der Waals surface area contributed by atoms with Crippen molar-refractivity contribution in [2.75, 3.05) is 5.32 Å². The summed E-state index contributed by atoms with van der Waals surface area (Å²) in [5.74, 6) is -0.0915. The van der Waals surface area contributed by atoms with Gasteiger partial charge in [0.25, 0.3) is 0 Å². The van der Waals surface area contributed by atoms with E-state index in [1.54, 1.807) is 42.6 Å². The highest BCUT2D eigenvalue weighted by molar-refractivity contribution is 6.31. The zero-order valence-corrected chi connectivity index (χ0v) is 11.4. The van der Waals surface area contributed by atoms with E-state index in [4.69, 9.17) is 23.2 Å². The number of carbonyl (C=O) groups excluding carboxylic acids is 1. The molecule has 2 nitrogen and oxygen atoms in total. The van der Waals surface area contributed by atoms with Crippen LogP contribution in [0.25, 0.3) is 0 Å². The topological polar surface area (TPSA) is 29.1 Å². The summed E-state index contributed by atoms with van der Waals surface area (Å²) in [7, 11) is 0. The van der Waals surface area contributed by atoms with Gasteiger partial charge < -0.3 is 5.32 Å². The van der Waals surface area contributed by atoms with Crippen molar-refractivity contribution in [3.05, 3.63) is 76.4 Å². The van der Waals surface area contributed by atoms with E-state index in [0.717, 1.165) is 5.69 Å². The Morgan fingerprint density at radius 1 is 1.00 bits per heavy atom. The summed E-state index contributed by atoms with van der Waals surface area (Å²) < 4.78 is 0. The van der Waals surface area contributed by atoms with Gasteiger partial charge in [0, 0.05) is 33.6 Å². The summed E-state index contributed by atoms with van der Waals surface area (Å²) >= 11 is 11.6. The van der Waals surface area contributed by atoms with Crippen molar-refractivity contribution in [2.45, 2.75) is 0 Å². The first-order valence-electron chi connectivity index (χ1n) is 5.64. The Labute approximate surface area is 121 Å². The van der Waals surface area contributed by atoms with Crippen molar-refractivity contribution < 1.29 is 4.79 Å². The molecule has 0 aliphatic rings. The van der Waals surface area contributed by atoms with Gasteiger partial charge in [-0.2, -0.15) is 0 Å². The Bertz CT molecular complexity index is 606. The molecule has 0 aromatic heterocycles. The summed E-state index contributed by atoms with van der Waals surface area (Å²) in [6, 6.07) is 14.0. The number of hydrogen-bond acceptors (Lipinski definition) is 2. The maximum Gasteiger partial charge on any atom is 0.187 e. The predicted octanol–water partition coefficient (Wildman–Crippen LogP) is 4.80. The molecule has 0 unspecified atom stereocenters. The Hall–Kier alpha value is -1.77. The number of allylic oxidation sites excluding steroid dienone is 1. The van der Waals surface area contributed by atoms with Crippen LogP contribution in [0, 0.1) is 0 Å². The molecule has 0 saturated carbocycles. The molecule has 96 valence electrons. The Balaban J connectivity index is 1.99. The maximum atomic E-state index is 11.8. The molecular formula is C15H11Cl2NO. The second-order valence-corrected chi connectivity index (χ2v) is 4.73. The molecule has 2 aromatic rings. The van der Waals surface area contributed by atoms with Crippen LogP contribution in [0.1, 0.15) is 10.4 Å². The van der Waals surface area contributed by atoms with Crippen molar-refractivity contribution in [1.82, 2.24) is 0 Å². The van der Waals surface area contributed by atoms with Gasteiger partial charge >= 0.3 is 0 Å². The SMILES string of the molecule is O=C(/C=C\Nc1cccc(Cl)c1)c1ccc(Cl)cc1. The van der Waals surface area contributed by atoms with E-state index in [1.807, 2.05) is 12.1 Å². The first kappa shape index (κ1) is 13.7. The van der Waals surface area contributed by atoms with Crippen LogP contribution in [0.2, 0.25) is 10.0 Å². The fourth-order valence-corrected chi connectivity index (χ4v) is 1.82. The Kier molecular flexibility index (Phi) is 4.61. The summed E-state index contributed by atoms with van der Waals surface area (Å²) in [5, 5.41) is 4.24. The minimum Gasteiger partial charge on any atom is -0.362 e. The summed E-state index contributed by atoms with van der Waals surface area (Å²) in [6.07, 6.45) is 3.05. The van der Waals surface area contributed by atoms with Crippen LogP contribution in [0.15, 0.2) is 60.8 Å². The molecule has 0 radical (unpaired) electrons. The number of nitrogens with one attached hydrogen (secondary N) is 1. The van der Waals surface area contributed by atoms with Crippen LogP contribution in [0.3, 0.4) is 0 Å². The highest BCUT2D eigenvalue weighted by Gasteiger charge is 2.00. The van der Waals surface area contributed by atoms with E-state index in [0.29, 0.717) is 15.6 Å². The monoisotopic (exact) mass is 291 g/mol. The predicted molar refractivity (Wildman–Crippen MR) is 80.0 cm³/mol. The number of hydrogen-bond donors (Lipinski definition) is 1. The molecule has 4 heteroatoms. The molecule has 19 heavy (non-hydrogen) atoms. The number of rotatable bonds is 4. The molecule has 0 aliphatic carbocycles. The number of ketones is 1. The quantitative estimate of drug-likeness (QED) is 0.647. The summed E-state index contributed by atoms with van der Waals surface area (Å²) in [5.41, 5.74) is 1.42. The fourth-order valence-electron chi connectivity index (χ4n) is 1.50. The van der Waals surface area contributed by atoms with E-state index >= 15 is 0 Å². The van der Waals surface area contributed by atoms with Gasteiger partial charge in [-0.1, -0.05) is 29.3 Å². The first-order chi connectivity index (χ1) is 9.15. The number of benzene rings is 2. The molecule has 0 atom stereocenters. The lowest BCUT2D eigenvalue weighted by Crippen LogP contribution is -1.95. The standard InChI is InChI=1S/C15H11Cl2NO/c16-12-6-4-11(5-7-12)15(19)8-9-18-14-3-1-2-13(17)10-14/h1-10,18H/b9-8-. The van der Waals surface area contributed by atoms with E-state index in [9.17, 15) is 4.79 Å². The van der Waals surface area contributed by atoms with Gasteiger partial charge in [-0.3, -0.25) is 4.79 Å². The van der Waals surface area contributed by atoms with Gasteiger partial charge in [-0.15, -0.1) is 0 Å². The number of anilines is 1. The molecule has 2 rings (SSSR count). The maximum absolute atomic E-state index is 11.8. The average Bonchev–Trinajstić information content (AvgIpc) is 2.39. The highest BCUT2D eigenvalue weighted by atomic mass is 35.5. The highest BCUT2D eigenvalue weighted by Crippen LogP contribution is 2.15. The van der Waals surface area contributed by atoms with Crippen LogP contribution >= 0.6 is 23.2 Å². The molecule has 0 aliphatic heterocycles. The second-order valence-electron chi connectivity index (χ2n) is 3.86. The largest absolute Gasteiger partial charge is 0.362 e. The van der Waals surface area contributed by atoms with E-state index in [2.05, 4.69) is 5.32 Å². The third kappa shape index (κ3) is 4.12.